The first kappa shape index (κ1) is 18.7. The van der Waals surface area contributed by atoms with Crippen LogP contribution in [0.4, 0.5) is 5.69 Å². The Hall–Kier alpha value is -3.07. The van der Waals surface area contributed by atoms with Crippen molar-refractivity contribution in [3.8, 4) is 33.9 Å². The van der Waals surface area contributed by atoms with E-state index in [4.69, 9.17) is 4.42 Å². The molecule has 8 nitrogen and oxygen atoms in total. The van der Waals surface area contributed by atoms with Gasteiger partial charge < -0.3 is 19.8 Å². The summed E-state index contributed by atoms with van der Waals surface area (Å²) in [7, 11) is 0. The van der Waals surface area contributed by atoms with Crippen LogP contribution in [-0.2, 0) is 0 Å². The zero-order valence-electron chi connectivity index (χ0n) is 14.6. The van der Waals surface area contributed by atoms with Crippen LogP contribution in [0.25, 0.3) is 22.5 Å². The van der Waals surface area contributed by atoms with Crippen molar-refractivity contribution < 1.29 is 24.3 Å². The lowest BCUT2D eigenvalue weighted by Gasteiger charge is -2.12. The summed E-state index contributed by atoms with van der Waals surface area (Å²) in [6, 6.07) is 3.95. The Bertz CT molecular complexity index is 1060. The number of furan rings is 1. The first-order valence-electron chi connectivity index (χ1n) is 7.82. The number of hydrogen-bond donors (Lipinski definition) is 2. The maximum absolute atomic E-state index is 12.3. The number of aromatic hydroxyl groups is 2. The van der Waals surface area contributed by atoms with Crippen molar-refractivity contribution in [2.45, 2.75) is 20.8 Å². The molecule has 0 atom stereocenters. The molecule has 0 aliphatic rings. The topological polar surface area (TPSA) is 124 Å². The van der Waals surface area contributed by atoms with E-state index in [9.17, 15) is 25.5 Å². The van der Waals surface area contributed by atoms with Gasteiger partial charge in [-0.05, 0) is 37.1 Å². The summed E-state index contributed by atoms with van der Waals surface area (Å²) in [5.41, 5.74) is 2.93. The molecule has 2 aromatic heterocycles. The van der Waals surface area contributed by atoms with Crippen molar-refractivity contribution in [3.05, 3.63) is 61.2 Å². The summed E-state index contributed by atoms with van der Waals surface area (Å²) >= 11 is 3.30. The standard InChI is InChI=1S/C18H15BrN2O6/c1-8-9(2)16(18(19)20(24)10(8)3)15-6-12(7-27-15)11-4-13(21(25)26)17(23)14(22)5-11/h4-7,22-23H,1-3H3. The molecule has 0 spiro atoms. The summed E-state index contributed by atoms with van der Waals surface area (Å²) in [5, 5.41) is 42.7. The molecule has 27 heavy (non-hydrogen) atoms. The third-order valence-corrected chi connectivity index (χ3v) is 5.33. The van der Waals surface area contributed by atoms with Crippen molar-refractivity contribution in [2.75, 3.05) is 0 Å². The van der Waals surface area contributed by atoms with Crippen LogP contribution in [0, 0.1) is 36.1 Å². The highest BCUT2D eigenvalue weighted by Crippen LogP contribution is 2.41. The summed E-state index contributed by atoms with van der Waals surface area (Å²) in [6.45, 7) is 5.41. The summed E-state index contributed by atoms with van der Waals surface area (Å²) in [4.78, 5) is 10.3. The molecule has 9 heteroatoms. The van der Waals surface area contributed by atoms with Gasteiger partial charge in [-0.15, -0.1) is 0 Å². The number of phenolic OH excluding ortho intramolecular Hbond substituents is 2. The molecule has 0 bridgehead atoms. The van der Waals surface area contributed by atoms with Gasteiger partial charge in [0, 0.05) is 40.0 Å². The molecule has 0 saturated heterocycles. The van der Waals surface area contributed by atoms with Crippen molar-refractivity contribution in [3.63, 3.8) is 0 Å². The van der Waals surface area contributed by atoms with E-state index in [1.54, 1.807) is 13.0 Å². The molecule has 1 aromatic carbocycles. The number of halogens is 1. The lowest BCUT2D eigenvalue weighted by Crippen LogP contribution is -2.34. The number of phenols is 2. The highest BCUT2D eigenvalue weighted by molar-refractivity contribution is 9.10. The molecule has 2 N–H and O–H groups in total. The van der Waals surface area contributed by atoms with Gasteiger partial charge in [-0.25, -0.2) is 0 Å². The van der Waals surface area contributed by atoms with Gasteiger partial charge in [0.05, 0.1) is 11.2 Å². The second-order valence-electron chi connectivity index (χ2n) is 6.12. The van der Waals surface area contributed by atoms with Crippen LogP contribution in [-0.4, -0.2) is 15.1 Å². The Balaban J connectivity index is 2.17. The maximum Gasteiger partial charge on any atom is 0.315 e. The highest BCUT2D eigenvalue weighted by atomic mass is 79.9. The van der Waals surface area contributed by atoms with E-state index in [0.717, 1.165) is 21.9 Å². The molecule has 0 aliphatic heterocycles. The lowest BCUT2D eigenvalue weighted by atomic mass is 10.0. The first-order chi connectivity index (χ1) is 12.6. The van der Waals surface area contributed by atoms with Crippen molar-refractivity contribution >= 4 is 21.6 Å². The largest absolute Gasteiger partial charge is 0.618 e. The number of nitrogens with zero attached hydrogens (tertiary/aromatic N) is 2. The summed E-state index contributed by atoms with van der Waals surface area (Å²) in [5.74, 6) is -1.02. The number of hydrogen-bond acceptors (Lipinski definition) is 6. The van der Waals surface area contributed by atoms with Gasteiger partial charge in [-0.1, -0.05) is 0 Å². The fourth-order valence-corrected chi connectivity index (χ4v) is 3.59. The SMILES string of the molecule is Cc1c(C)c(C)[n+]([O-])c(Br)c1-c1cc(-c2cc(O)c(O)c([N+](=O)[O-])c2)co1. The summed E-state index contributed by atoms with van der Waals surface area (Å²) in [6.07, 6.45) is 1.36. The average molecular weight is 435 g/mol. The van der Waals surface area contributed by atoms with Crippen LogP contribution in [0.5, 0.6) is 11.5 Å². The molecule has 0 aliphatic carbocycles. The average Bonchev–Trinajstić information content (AvgIpc) is 3.10. The van der Waals surface area contributed by atoms with Crippen LogP contribution in [0.3, 0.4) is 0 Å². The van der Waals surface area contributed by atoms with Crippen molar-refractivity contribution in [2.24, 2.45) is 0 Å². The molecule has 0 amide bonds. The quantitative estimate of drug-likeness (QED) is 0.158. The van der Waals surface area contributed by atoms with Crippen LogP contribution in [0.2, 0.25) is 0 Å². The number of nitro benzene ring substituents is 1. The Morgan fingerprint density at radius 3 is 2.41 bits per heavy atom. The zero-order chi connectivity index (χ0) is 20.0. The van der Waals surface area contributed by atoms with E-state index in [-0.39, 0.29) is 0 Å². The van der Waals surface area contributed by atoms with E-state index >= 15 is 0 Å². The van der Waals surface area contributed by atoms with Gasteiger partial charge in [0.1, 0.15) is 11.3 Å². The minimum atomic E-state index is -0.799. The van der Waals surface area contributed by atoms with E-state index in [1.807, 2.05) is 13.8 Å². The lowest BCUT2D eigenvalue weighted by molar-refractivity contribution is -0.623. The third kappa shape index (κ3) is 2.99. The van der Waals surface area contributed by atoms with Gasteiger partial charge in [0.15, 0.2) is 11.4 Å². The molecular weight excluding hydrogens is 420 g/mol. The Morgan fingerprint density at radius 2 is 1.78 bits per heavy atom. The van der Waals surface area contributed by atoms with Gasteiger partial charge in [-0.3, -0.25) is 10.1 Å². The predicted molar refractivity (Wildman–Crippen MR) is 100 cm³/mol. The Morgan fingerprint density at radius 1 is 1.11 bits per heavy atom. The Kier molecular flexibility index (Phi) is 4.56. The van der Waals surface area contributed by atoms with Crippen LogP contribution in [0.15, 0.2) is 33.5 Å². The predicted octanol–water partition coefficient (Wildman–Crippen LogP) is 4.25. The fourth-order valence-electron chi connectivity index (χ4n) is 2.83. The summed E-state index contributed by atoms with van der Waals surface area (Å²) < 4.78 is 6.65. The number of nitro groups is 1. The molecule has 0 fully saturated rings. The zero-order valence-corrected chi connectivity index (χ0v) is 16.2. The van der Waals surface area contributed by atoms with E-state index in [0.29, 0.717) is 32.7 Å². The molecule has 140 valence electrons. The van der Waals surface area contributed by atoms with Crippen LogP contribution < -0.4 is 4.73 Å². The minimum Gasteiger partial charge on any atom is -0.618 e. The van der Waals surface area contributed by atoms with Crippen molar-refractivity contribution in [1.29, 1.82) is 0 Å². The smallest absolute Gasteiger partial charge is 0.315 e. The second kappa shape index (κ2) is 6.58. The normalized spacial score (nSPS) is 11.0. The molecular formula is C18H15BrN2O6. The number of rotatable bonds is 3. The van der Waals surface area contributed by atoms with Gasteiger partial charge in [-0.2, -0.15) is 4.73 Å². The number of benzene rings is 1. The first-order valence-corrected chi connectivity index (χ1v) is 8.61. The second-order valence-corrected chi connectivity index (χ2v) is 6.87. The number of aromatic nitrogens is 1. The minimum absolute atomic E-state index is 0.291. The molecule has 3 rings (SSSR count). The maximum atomic E-state index is 12.3. The van der Waals surface area contributed by atoms with Gasteiger partial charge in [0.25, 0.3) is 4.60 Å². The highest BCUT2D eigenvalue weighted by Gasteiger charge is 2.25. The molecule has 0 unspecified atom stereocenters. The fraction of sp³-hybridized carbons (Fsp3) is 0.167. The number of pyridine rings is 1. The van der Waals surface area contributed by atoms with Crippen molar-refractivity contribution in [1.82, 2.24) is 0 Å². The van der Waals surface area contributed by atoms with Crippen LogP contribution >= 0.6 is 15.9 Å². The van der Waals surface area contributed by atoms with Crippen LogP contribution in [0.1, 0.15) is 16.8 Å². The van der Waals surface area contributed by atoms with E-state index in [1.165, 1.54) is 12.3 Å². The Labute approximate surface area is 162 Å². The molecule has 3 aromatic rings. The van der Waals surface area contributed by atoms with E-state index < -0.39 is 22.1 Å². The molecule has 2 heterocycles. The molecule has 0 radical (unpaired) electrons. The third-order valence-electron chi connectivity index (χ3n) is 4.62. The molecule has 0 saturated carbocycles. The van der Waals surface area contributed by atoms with Gasteiger partial charge in [0.2, 0.25) is 5.75 Å². The monoisotopic (exact) mass is 434 g/mol. The van der Waals surface area contributed by atoms with E-state index in [2.05, 4.69) is 15.9 Å². The van der Waals surface area contributed by atoms with Gasteiger partial charge >= 0.3 is 5.69 Å².